The van der Waals surface area contributed by atoms with Gasteiger partial charge >= 0.3 is 7.60 Å². The molecule has 0 aromatic heterocycles. The molecule has 0 aliphatic carbocycles. The van der Waals surface area contributed by atoms with Crippen LogP contribution in [0.4, 0.5) is 0 Å². The van der Waals surface area contributed by atoms with Crippen molar-refractivity contribution < 1.29 is 18.7 Å². The molecule has 0 fully saturated rings. The second-order valence-electron chi connectivity index (χ2n) is 2.82. The zero-order valence-corrected chi connectivity index (χ0v) is 10.2. The summed E-state index contributed by atoms with van der Waals surface area (Å²) < 4.78 is 22.0. The zero-order valence-electron chi connectivity index (χ0n) is 9.31. The van der Waals surface area contributed by atoms with Gasteiger partial charge in [0, 0.05) is 12.4 Å². The van der Waals surface area contributed by atoms with Crippen LogP contribution in [0.25, 0.3) is 0 Å². The predicted molar refractivity (Wildman–Crippen MR) is 60.8 cm³/mol. The Morgan fingerprint density at radius 2 is 1.93 bits per heavy atom. The fourth-order valence-corrected chi connectivity index (χ4v) is 2.27. The highest BCUT2D eigenvalue weighted by Gasteiger charge is 2.18. The molecule has 0 radical (unpaired) electrons. The molecular weight excluding hydrogens is 215 g/mol. The zero-order chi connectivity index (χ0) is 11.7. The average Bonchev–Trinajstić information content (AvgIpc) is 2.16. The van der Waals surface area contributed by atoms with E-state index in [1.807, 2.05) is 0 Å². The Kier molecular flexibility index (Phi) is 7.61. The highest BCUT2D eigenvalue weighted by molar-refractivity contribution is 7.57. The van der Waals surface area contributed by atoms with Gasteiger partial charge < -0.3 is 14.2 Å². The van der Waals surface area contributed by atoms with E-state index in [1.165, 1.54) is 5.82 Å². The number of hydrogen-bond donors (Lipinski definition) is 1. The van der Waals surface area contributed by atoms with E-state index in [0.29, 0.717) is 25.2 Å². The first-order chi connectivity index (χ1) is 7.08. The van der Waals surface area contributed by atoms with Gasteiger partial charge in [-0.1, -0.05) is 18.2 Å². The number of allylic oxidation sites excluding steroid dienone is 1. The molecule has 0 amide bonds. The van der Waals surface area contributed by atoms with Crippen molar-refractivity contribution in [2.45, 2.75) is 20.3 Å². The molecule has 0 aromatic carbocycles. The van der Waals surface area contributed by atoms with E-state index in [2.05, 4.69) is 6.58 Å². The van der Waals surface area contributed by atoms with Crippen molar-refractivity contribution in [1.82, 2.24) is 0 Å². The Balaban J connectivity index is 4.39. The third-order valence-corrected chi connectivity index (χ3v) is 3.29. The van der Waals surface area contributed by atoms with Crippen LogP contribution in [-0.2, 0) is 13.6 Å². The van der Waals surface area contributed by atoms with Crippen LogP contribution >= 0.6 is 7.60 Å². The van der Waals surface area contributed by atoms with Gasteiger partial charge in [0.1, 0.15) is 0 Å². The summed E-state index contributed by atoms with van der Waals surface area (Å²) in [6.07, 6.45) is 2.02. The Hall–Kier alpha value is -0.410. The van der Waals surface area contributed by atoms with E-state index < -0.39 is 7.60 Å². The van der Waals surface area contributed by atoms with Crippen LogP contribution in [0.2, 0.25) is 0 Å². The van der Waals surface area contributed by atoms with E-state index in [-0.39, 0.29) is 6.61 Å². The van der Waals surface area contributed by atoms with Gasteiger partial charge in [0.2, 0.25) is 0 Å². The molecule has 0 unspecified atom stereocenters. The summed E-state index contributed by atoms with van der Waals surface area (Å²) in [6, 6.07) is 0. The summed E-state index contributed by atoms with van der Waals surface area (Å²) in [6.45, 7) is 7.87. The van der Waals surface area contributed by atoms with E-state index in [1.54, 1.807) is 19.9 Å². The summed E-state index contributed by atoms with van der Waals surface area (Å²) in [5, 5.41) is 8.65. The molecule has 0 saturated heterocycles. The van der Waals surface area contributed by atoms with Crippen LogP contribution in [-0.4, -0.2) is 24.9 Å². The first-order valence-electron chi connectivity index (χ1n) is 4.94. The minimum atomic E-state index is -3.12. The Bertz CT molecular complexity index is 250. The summed E-state index contributed by atoms with van der Waals surface area (Å²) in [7, 11) is -3.12. The van der Waals surface area contributed by atoms with E-state index >= 15 is 0 Å². The fourth-order valence-electron chi connectivity index (χ4n) is 0.907. The summed E-state index contributed by atoms with van der Waals surface area (Å²) in [4.78, 5) is 0. The normalized spacial score (nSPS) is 12.2. The molecule has 0 saturated carbocycles. The van der Waals surface area contributed by atoms with Gasteiger partial charge in [-0.2, -0.15) is 0 Å². The Morgan fingerprint density at radius 1 is 1.40 bits per heavy atom. The lowest BCUT2D eigenvalue weighted by atomic mass is 10.2. The van der Waals surface area contributed by atoms with Crippen LogP contribution < -0.4 is 0 Å². The average molecular weight is 234 g/mol. The minimum absolute atomic E-state index is 0.0245. The fraction of sp³-hybridized carbons (Fsp3) is 0.600. The quantitative estimate of drug-likeness (QED) is 0.518. The highest BCUT2D eigenvalue weighted by Crippen LogP contribution is 2.49. The number of aliphatic hydroxyl groups excluding tert-OH is 1. The smallest absolute Gasteiger partial charge is 0.354 e. The number of hydrogen-bond acceptors (Lipinski definition) is 4. The van der Waals surface area contributed by atoms with Crippen LogP contribution in [0.1, 0.15) is 20.3 Å². The highest BCUT2D eigenvalue weighted by atomic mass is 31.2. The molecule has 1 N–H and O–H groups in total. The molecule has 88 valence electrons. The van der Waals surface area contributed by atoms with E-state index in [9.17, 15) is 4.57 Å². The van der Waals surface area contributed by atoms with Crippen LogP contribution in [0.5, 0.6) is 0 Å². The van der Waals surface area contributed by atoms with Crippen molar-refractivity contribution in [1.29, 1.82) is 0 Å². The van der Waals surface area contributed by atoms with Gasteiger partial charge in [-0.25, -0.2) is 0 Å². The maximum absolute atomic E-state index is 11.9. The molecule has 0 aromatic rings. The molecule has 0 spiro atoms. The van der Waals surface area contributed by atoms with Gasteiger partial charge in [-0.15, -0.1) is 0 Å². The SMILES string of the molecule is C=C(/C=C/P(=O)(OCC)OCC)CCO. The molecule has 0 bridgehead atoms. The number of aliphatic hydroxyl groups is 1. The predicted octanol–water partition coefficient (Wildman–Crippen LogP) is 2.70. The first-order valence-corrected chi connectivity index (χ1v) is 6.55. The molecule has 0 rings (SSSR count). The molecule has 0 heterocycles. The largest absolute Gasteiger partial charge is 0.396 e. The first kappa shape index (κ1) is 14.6. The van der Waals surface area contributed by atoms with Gasteiger partial charge in [-0.3, -0.25) is 4.57 Å². The van der Waals surface area contributed by atoms with Crippen LogP contribution in [0.3, 0.4) is 0 Å². The topological polar surface area (TPSA) is 55.8 Å². The maximum Gasteiger partial charge on any atom is 0.354 e. The van der Waals surface area contributed by atoms with Crippen molar-refractivity contribution in [3.63, 3.8) is 0 Å². The van der Waals surface area contributed by atoms with Crippen LogP contribution in [0, 0.1) is 0 Å². The molecule has 4 nitrogen and oxygen atoms in total. The second kappa shape index (κ2) is 7.83. The maximum atomic E-state index is 11.9. The lowest BCUT2D eigenvalue weighted by molar-refractivity contribution is 0.229. The Morgan fingerprint density at radius 3 is 2.33 bits per heavy atom. The lowest BCUT2D eigenvalue weighted by Crippen LogP contribution is -1.93. The van der Waals surface area contributed by atoms with Crippen molar-refractivity contribution in [3.05, 3.63) is 24.0 Å². The third kappa shape index (κ3) is 6.63. The van der Waals surface area contributed by atoms with Crippen molar-refractivity contribution in [2.24, 2.45) is 0 Å². The Labute approximate surface area is 91.1 Å². The van der Waals surface area contributed by atoms with Gasteiger partial charge in [0.05, 0.1) is 13.2 Å². The summed E-state index contributed by atoms with van der Waals surface area (Å²) in [5.74, 6) is 1.39. The van der Waals surface area contributed by atoms with E-state index in [4.69, 9.17) is 14.2 Å². The second-order valence-corrected chi connectivity index (χ2v) is 4.72. The van der Waals surface area contributed by atoms with E-state index in [0.717, 1.165) is 0 Å². The molecule has 15 heavy (non-hydrogen) atoms. The third-order valence-electron chi connectivity index (χ3n) is 1.54. The van der Waals surface area contributed by atoms with Crippen LogP contribution in [0.15, 0.2) is 24.0 Å². The van der Waals surface area contributed by atoms with Crippen molar-refractivity contribution >= 4 is 7.60 Å². The number of rotatable bonds is 8. The molecule has 5 heteroatoms. The van der Waals surface area contributed by atoms with Crippen molar-refractivity contribution in [3.8, 4) is 0 Å². The summed E-state index contributed by atoms with van der Waals surface area (Å²) >= 11 is 0. The molecule has 0 aliphatic heterocycles. The standard InChI is InChI=1S/C10H19O4P/c1-4-13-15(12,14-5-2)9-7-10(3)6-8-11/h7,9,11H,3-6,8H2,1-2H3/b9-7+. The molecular formula is C10H19O4P. The molecule has 0 aliphatic rings. The lowest BCUT2D eigenvalue weighted by Gasteiger charge is -2.12. The van der Waals surface area contributed by atoms with Gasteiger partial charge in [-0.05, 0) is 20.3 Å². The van der Waals surface area contributed by atoms with Gasteiger partial charge in [0.25, 0.3) is 0 Å². The molecule has 0 atom stereocenters. The monoisotopic (exact) mass is 234 g/mol. The summed E-state index contributed by atoms with van der Waals surface area (Å²) in [5.41, 5.74) is 0.692. The van der Waals surface area contributed by atoms with Gasteiger partial charge in [0.15, 0.2) is 0 Å². The van der Waals surface area contributed by atoms with Crippen molar-refractivity contribution in [2.75, 3.05) is 19.8 Å². The minimum Gasteiger partial charge on any atom is -0.396 e.